The van der Waals surface area contributed by atoms with E-state index < -0.39 is 5.60 Å². The molecule has 0 bridgehead atoms. The molecule has 0 aliphatic carbocycles. The summed E-state index contributed by atoms with van der Waals surface area (Å²) in [7, 11) is 0. The van der Waals surface area contributed by atoms with Gasteiger partial charge in [0.05, 0.1) is 5.60 Å². The minimum absolute atomic E-state index is 0.462. The molecule has 1 atom stereocenters. The lowest BCUT2D eigenvalue weighted by Gasteiger charge is -2.26. The van der Waals surface area contributed by atoms with Gasteiger partial charge >= 0.3 is 0 Å². The highest BCUT2D eigenvalue weighted by molar-refractivity contribution is 5.35. The van der Waals surface area contributed by atoms with Crippen LogP contribution >= 0.6 is 0 Å². The van der Waals surface area contributed by atoms with Crippen molar-refractivity contribution in [3.8, 4) is 0 Å². The van der Waals surface area contributed by atoms with Crippen LogP contribution in [0.2, 0.25) is 0 Å². The van der Waals surface area contributed by atoms with Gasteiger partial charge in [-0.25, -0.2) is 9.67 Å². The average molecular weight is 287 g/mol. The molecule has 0 saturated heterocycles. The molecule has 1 heterocycles. The Labute approximate surface area is 126 Å². The number of rotatable bonds is 5. The van der Waals surface area contributed by atoms with Crippen LogP contribution in [-0.4, -0.2) is 19.9 Å². The first-order chi connectivity index (χ1) is 9.79. The highest BCUT2D eigenvalue weighted by Gasteiger charge is 2.28. The van der Waals surface area contributed by atoms with E-state index in [2.05, 4.69) is 42.1 Å². The molecule has 114 valence electrons. The standard InChI is InChI=1S/C17H25N3O/c1-12(2)10-20-16(18-11-19-20)9-17(5,21)15-8-13(3)6-7-14(15)4/h6-8,11-12,21H,9-10H2,1-5H3. The molecule has 4 nitrogen and oxygen atoms in total. The van der Waals surface area contributed by atoms with Crippen molar-refractivity contribution in [2.75, 3.05) is 0 Å². The number of aliphatic hydroxyl groups is 1. The molecule has 0 fully saturated rings. The second-order valence-electron chi connectivity index (χ2n) is 6.52. The van der Waals surface area contributed by atoms with E-state index in [1.807, 2.05) is 25.5 Å². The maximum atomic E-state index is 10.9. The Morgan fingerprint density at radius 1 is 1.29 bits per heavy atom. The summed E-state index contributed by atoms with van der Waals surface area (Å²) in [5.41, 5.74) is 2.26. The molecule has 1 unspecified atom stereocenters. The minimum Gasteiger partial charge on any atom is -0.385 e. The molecule has 21 heavy (non-hydrogen) atoms. The van der Waals surface area contributed by atoms with Gasteiger partial charge in [0.1, 0.15) is 12.2 Å². The highest BCUT2D eigenvalue weighted by atomic mass is 16.3. The van der Waals surface area contributed by atoms with Gasteiger partial charge in [-0.1, -0.05) is 37.6 Å². The summed E-state index contributed by atoms with van der Waals surface area (Å²) in [6, 6.07) is 6.17. The molecule has 1 aromatic carbocycles. The Hall–Kier alpha value is -1.68. The zero-order valence-electron chi connectivity index (χ0n) is 13.6. The van der Waals surface area contributed by atoms with Crippen LogP contribution in [0, 0.1) is 19.8 Å². The van der Waals surface area contributed by atoms with Crippen LogP contribution in [0.1, 0.15) is 43.3 Å². The predicted octanol–water partition coefficient (Wildman–Crippen LogP) is 3.00. The fourth-order valence-electron chi connectivity index (χ4n) is 2.64. The highest BCUT2D eigenvalue weighted by Crippen LogP contribution is 2.28. The lowest BCUT2D eigenvalue weighted by atomic mass is 9.88. The third-order valence-electron chi connectivity index (χ3n) is 3.71. The molecule has 2 aromatic rings. The number of hydrogen-bond acceptors (Lipinski definition) is 3. The van der Waals surface area contributed by atoms with Crippen LogP contribution in [-0.2, 0) is 18.6 Å². The average Bonchev–Trinajstić information content (AvgIpc) is 2.78. The summed E-state index contributed by atoms with van der Waals surface area (Å²) >= 11 is 0. The first kappa shape index (κ1) is 15.7. The third kappa shape index (κ3) is 3.70. The predicted molar refractivity (Wildman–Crippen MR) is 84.1 cm³/mol. The molecule has 1 N–H and O–H groups in total. The maximum absolute atomic E-state index is 10.9. The van der Waals surface area contributed by atoms with E-state index >= 15 is 0 Å². The Morgan fingerprint density at radius 3 is 2.67 bits per heavy atom. The van der Waals surface area contributed by atoms with E-state index in [9.17, 15) is 5.11 Å². The molecule has 4 heteroatoms. The second kappa shape index (κ2) is 5.98. The Morgan fingerprint density at radius 2 is 2.00 bits per heavy atom. The number of nitrogens with zero attached hydrogens (tertiary/aromatic N) is 3. The minimum atomic E-state index is -0.947. The van der Waals surface area contributed by atoms with Crippen molar-refractivity contribution in [3.05, 3.63) is 47.0 Å². The zero-order chi connectivity index (χ0) is 15.6. The molecular weight excluding hydrogens is 262 g/mol. The number of aryl methyl sites for hydroxylation is 2. The molecule has 0 radical (unpaired) electrons. The third-order valence-corrected chi connectivity index (χ3v) is 3.71. The monoisotopic (exact) mass is 287 g/mol. The summed E-state index contributed by atoms with van der Waals surface area (Å²) in [5.74, 6) is 1.32. The van der Waals surface area contributed by atoms with Crippen molar-refractivity contribution in [1.29, 1.82) is 0 Å². The maximum Gasteiger partial charge on any atom is 0.138 e. The van der Waals surface area contributed by atoms with Gasteiger partial charge in [-0.15, -0.1) is 0 Å². The van der Waals surface area contributed by atoms with E-state index in [-0.39, 0.29) is 0 Å². The van der Waals surface area contributed by atoms with Crippen molar-refractivity contribution in [3.63, 3.8) is 0 Å². The first-order valence-electron chi connectivity index (χ1n) is 7.46. The van der Waals surface area contributed by atoms with E-state index in [1.54, 1.807) is 6.33 Å². The topological polar surface area (TPSA) is 50.9 Å². The SMILES string of the molecule is Cc1ccc(C)c(C(C)(O)Cc2ncnn2CC(C)C)c1. The van der Waals surface area contributed by atoms with Crippen LogP contribution in [0.3, 0.4) is 0 Å². The zero-order valence-corrected chi connectivity index (χ0v) is 13.6. The molecule has 0 spiro atoms. The van der Waals surface area contributed by atoms with Crippen LogP contribution in [0.15, 0.2) is 24.5 Å². The molecule has 2 rings (SSSR count). The summed E-state index contributed by atoms with van der Waals surface area (Å²) in [5, 5.41) is 15.2. The number of aromatic nitrogens is 3. The van der Waals surface area contributed by atoms with Crippen molar-refractivity contribution in [1.82, 2.24) is 14.8 Å². The number of benzene rings is 1. The van der Waals surface area contributed by atoms with Gasteiger partial charge < -0.3 is 5.11 Å². The van der Waals surface area contributed by atoms with Gasteiger partial charge in [-0.05, 0) is 37.8 Å². The Kier molecular flexibility index (Phi) is 4.47. The normalized spacial score (nSPS) is 14.4. The first-order valence-corrected chi connectivity index (χ1v) is 7.46. The van der Waals surface area contributed by atoms with Crippen molar-refractivity contribution < 1.29 is 5.11 Å². The van der Waals surface area contributed by atoms with Gasteiger partial charge in [-0.3, -0.25) is 0 Å². The van der Waals surface area contributed by atoms with Crippen LogP contribution < -0.4 is 0 Å². The van der Waals surface area contributed by atoms with E-state index in [4.69, 9.17) is 0 Å². The molecule has 0 aliphatic heterocycles. The van der Waals surface area contributed by atoms with Gasteiger partial charge in [-0.2, -0.15) is 5.10 Å². The molecule has 0 aliphatic rings. The lowest BCUT2D eigenvalue weighted by molar-refractivity contribution is 0.0533. The summed E-state index contributed by atoms with van der Waals surface area (Å²) in [4.78, 5) is 4.32. The van der Waals surface area contributed by atoms with E-state index in [1.165, 1.54) is 0 Å². The Balaban J connectivity index is 2.29. The molecule has 1 aromatic heterocycles. The van der Waals surface area contributed by atoms with Crippen molar-refractivity contribution in [2.45, 2.75) is 53.2 Å². The summed E-state index contributed by atoms with van der Waals surface area (Å²) in [6.07, 6.45) is 2.03. The van der Waals surface area contributed by atoms with Gasteiger partial charge in [0, 0.05) is 13.0 Å². The van der Waals surface area contributed by atoms with E-state index in [0.29, 0.717) is 12.3 Å². The molecule has 0 amide bonds. The lowest BCUT2D eigenvalue weighted by Crippen LogP contribution is -2.28. The number of hydrogen-bond donors (Lipinski definition) is 1. The fourth-order valence-corrected chi connectivity index (χ4v) is 2.64. The Bertz CT molecular complexity index is 614. The largest absolute Gasteiger partial charge is 0.385 e. The summed E-state index contributed by atoms with van der Waals surface area (Å²) in [6.45, 7) is 11.0. The molecule has 0 saturated carbocycles. The fraction of sp³-hybridized carbons (Fsp3) is 0.529. The summed E-state index contributed by atoms with van der Waals surface area (Å²) < 4.78 is 1.89. The van der Waals surface area contributed by atoms with Gasteiger partial charge in [0.2, 0.25) is 0 Å². The van der Waals surface area contributed by atoms with Crippen LogP contribution in [0.5, 0.6) is 0 Å². The van der Waals surface area contributed by atoms with Crippen molar-refractivity contribution in [2.24, 2.45) is 5.92 Å². The van der Waals surface area contributed by atoms with Crippen LogP contribution in [0.4, 0.5) is 0 Å². The van der Waals surface area contributed by atoms with Crippen molar-refractivity contribution >= 4 is 0 Å². The quantitative estimate of drug-likeness (QED) is 0.919. The van der Waals surface area contributed by atoms with Gasteiger partial charge in [0.25, 0.3) is 0 Å². The van der Waals surface area contributed by atoms with E-state index in [0.717, 1.165) is 29.1 Å². The molecular formula is C17H25N3O. The van der Waals surface area contributed by atoms with Gasteiger partial charge in [0.15, 0.2) is 0 Å². The second-order valence-corrected chi connectivity index (χ2v) is 6.52. The van der Waals surface area contributed by atoms with Crippen LogP contribution in [0.25, 0.3) is 0 Å². The smallest absolute Gasteiger partial charge is 0.138 e.